The summed E-state index contributed by atoms with van der Waals surface area (Å²) in [4.78, 5) is 23.7. The van der Waals surface area contributed by atoms with Gasteiger partial charge in [0.25, 0.3) is 5.91 Å². The molecule has 3 rings (SSSR count). The highest BCUT2D eigenvalue weighted by molar-refractivity contribution is 6.09. The molecule has 26 heavy (non-hydrogen) atoms. The Hall–Kier alpha value is -3.42. The molecule has 8 heteroatoms. The second-order valence-corrected chi connectivity index (χ2v) is 6.07. The molecule has 0 fully saturated rings. The third kappa shape index (κ3) is 3.49. The Morgan fingerprint density at radius 2 is 2.00 bits per heavy atom. The van der Waals surface area contributed by atoms with Gasteiger partial charge in [-0.05, 0) is 37.6 Å². The van der Waals surface area contributed by atoms with E-state index in [0.29, 0.717) is 12.2 Å². The van der Waals surface area contributed by atoms with Gasteiger partial charge < -0.3 is 10.4 Å². The predicted octanol–water partition coefficient (Wildman–Crippen LogP) is 2.23. The number of carboxylic acids is 1. The standard InChI is InChI=1S/C18H19N5O3/c1-11-7-12(2)23(21-11)10-13-5-4-6-14(8-13)20-17(24)16-15(18(25)26)9-19-22(16)3/h4-9H,10H2,1-3H3,(H,20,24)(H,25,26). The Kier molecular flexibility index (Phi) is 4.57. The molecule has 0 saturated heterocycles. The van der Waals surface area contributed by atoms with Crippen molar-refractivity contribution >= 4 is 17.6 Å². The fourth-order valence-electron chi connectivity index (χ4n) is 2.81. The maximum atomic E-state index is 12.5. The zero-order valence-corrected chi connectivity index (χ0v) is 14.7. The molecular weight excluding hydrogens is 334 g/mol. The minimum absolute atomic E-state index is 0.00134. The van der Waals surface area contributed by atoms with E-state index in [4.69, 9.17) is 0 Å². The first-order valence-corrected chi connectivity index (χ1v) is 8.02. The third-order valence-electron chi connectivity index (χ3n) is 4.00. The summed E-state index contributed by atoms with van der Waals surface area (Å²) in [6.45, 7) is 4.50. The molecule has 0 saturated carbocycles. The molecule has 0 bridgehead atoms. The van der Waals surface area contributed by atoms with Gasteiger partial charge in [0.15, 0.2) is 0 Å². The van der Waals surface area contributed by atoms with Crippen LogP contribution in [-0.4, -0.2) is 36.5 Å². The van der Waals surface area contributed by atoms with Gasteiger partial charge in [-0.25, -0.2) is 4.79 Å². The molecule has 0 radical (unpaired) electrons. The van der Waals surface area contributed by atoms with E-state index in [-0.39, 0.29) is 11.3 Å². The minimum atomic E-state index is -1.19. The van der Waals surface area contributed by atoms with Crippen molar-refractivity contribution in [3.8, 4) is 0 Å². The molecule has 2 heterocycles. The molecule has 0 aliphatic heterocycles. The number of carbonyl (C=O) groups is 2. The molecule has 2 N–H and O–H groups in total. The summed E-state index contributed by atoms with van der Waals surface area (Å²) in [7, 11) is 1.53. The smallest absolute Gasteiger partial charge is 0.339 e. The maximum absolute atomic E-state index is 12.5. The van der Waals surface area contributed by atoms with Crippen LogP contribution in [0.4, 0.5) is 5.69 Å². The molecule has 134 valence electrons. The SMILES string of the molecule is Cc1cc(C)n(Cc2cccc(NC(=O)c3c(C(=O)O)cnn3C)c2)n1. The lowest BCUT2D eigenvalue weighted by Gasteiger charge is -2.09. The van der Waals surface area contributed by atoms with E-state index in [1.807, 2.05) is 42.8 Å². The number of hydrogen-bond donors (Lipinski definition) is 2. The molecule has 8 nitrogen and oxygen atoms in total. The second-order valence-electron chi connectivity index (χ2n) is 6.07. The Labute approximate surface area is 150 Å². The van der Waals surface area contributed by atoms with Crippen LogP contribution in [0.3, 0.4) is 0 Å². The topological polar surface area (TPSA) is 102 Å². The van der Waals surface area contributed by atoms with E-state index in [9.17, 15) is 14.7 Å². The molecule has 0 atom stereocenters. The van der Waals surface area contributed by atoms with Crippen molar-refractivity contribution in [2.45, 2.75) is 20.4 Å². The number of nitrogens with zero attached hydrogens (tertiary/aromatic N) is 4. The Morgan fingerprint density at radius 1 is 1.23 bits per heavy atom. The number of hydrogen-bond acceptors (Lipinski definition) is 4. The van der Waals surface area contributed by atoms with Gasteiger partial charge in [-0.15, -0.1) is 0 Å². The van der Waals surface area contributed by atoms with E-state index in [0.717, 1.165) is 23.1 Å². The predicted molar refractivity (Wildman–Crippen MR) is 95.4 cm³/mol. The summed E-state index contributed by atoms with van der Waals surface area (Å²) >= 11 is 0. The number of aromatic carboxylic acids is 1. The van der Waals surface area contributed by atoms with Crippen LogP contribution < -0.4 is 5.32 Å². The molecule has 0 aliphatic rings. The lowest BCUT2D eigenvalue weighted by atomic mass is 10.2. The van der Waals surface area contributed by atoms with Crippen molar-refractivity contribution in [3.05, 3.63) is 64.7 Å². The quantitative estimate of drug-likeness (QED) is 0.732. The summed E-state index contributed by atoms with van der Waals surface area (Å²) in [6.07, 6.45) is 1.16. The van der Waals surface area contributed by atoms with Gasteiger partial charge >= 0.3 is 5.97 Å². The van der Waals surface area contributed by atoms with Gasteiger partial charge in [-0.2, -0.15) is 10.2 Å². The van der Waals surface area contributed by atoms with Crippen LogP contribution >= 0.6 is 0 Å². The summed E-state index contributed by atoms with van der Waals surface area (Å²) in [5, 5.41) is 20.2. The molecule has 0 aliphatic carbocycles. The third-order valence-corrected chi connectivity index (χ3v) is 4.00. The van der Waals surface area contributed by atoms with Crippen LogP contribution in [-0.2, 0) is 13.6 Å². The van der Waals surface area contributed by atoms with Gasteiger partial charge in [0.05, 0.1) is 18.4 Å². The first-order chi connectivity index (χ1) is 12.3. The highest BCUT2D eigenvalue weighted by Gasteiger charge is 2.21. The van der Waals surface area contributed by atoms with E-state index >= 15 is 0 Å². The number of benzene rings is 1. The van der Waals surface area contributed by atoms with E-state index in [2.05, 4.69) is 15.5 Å². The zero-order chi connectivity index (χ0) is 18.8. The monoisotopic (exact) mass is 353 g/mol. The average molecular weight is 353 g/mol. The zero-order valence-electron chi connectivity index (χ0n) is 14.7. The summed E-state index contributed by atoms with van der Waals surface area (Å²) < 4.78 is 3.14. The maximum Gasteiger partial charge on any atom is 0.339 e. The number of aryl methyl sites for hydroxylation is 3. The van der Waals surface area contributed by atoms with E-state index in [1.54, 1.807) is 6.07 Å². The number of amides is 1. The van der Waals surface area contributed by atoms with Crippen LogP contribution in [0.5, 0.6) is 0 Å². The van der Waals surface area contributed by atoms with Crippen molar-refractivity contribution in [1.29, 1.82) is 0 Å². The van der Waals surface area contributed by atoms with Crippen molar-refractivity contribution in [2.75, 3.05) is 5.32 Å². The molecular formula is C18H19N5O3. The van der Waals surface area contributed by atoms with Gasteiger partial charge in [0.2, 0.25) is 0 Å². The van der Waals surface area contributed by atoms with Crippen LogP contribution in [0.1, 0.15) is 37.8 Å². The number of rotatable bonds is 5. The first-order valence-electron chi connectivity index (χ1n) is 8.02. The normalized spacial score (nSPS) is 10.7. The van der Waals surface area contributed by atoms with Gasteiger partial charge in [-0.3, -0.25) is 14.2 Å². The number of nitrogens with one attached hydrogen (secondary N) is 1. The fourth-order valence-corrected chi connectivity index (χ4v) is 2.81. The van der Waals surface area contributed by atoms with E-state index in [1.165, 1.54) is 11.7 Å². The van der Waals surface area contributed by atoms with E-state index < -0.39 is 11.9 Å². The Bertz CT molecular complexity index is 987. The largest absolute Gasteiger partial charge is 0.478 e. The number of carbonyl (C=O) groups excluding carboxylic acids is 1. The van der Waals surface area contributed by atoms with Crippen LogP contribution in [0, 0.1) is 13.8 Å². The van der Waals surface area contributed by atoms with Crippen molar-refractivity contribution in [3.63, 3.8) is 0 Å². The molecule has 0 unspecified atom stereocenters. The highest BCUT2D eigenvalue weighted by atomic mass is 16.4. The van der Waals surface area contributed by atoms with Crippen LogP contribution in [0.15, 0.2) is 36.5 Å². The first kappa shape index (κ1) is 17.4. The Morgan fingerprint density at radius 3 is 2.65 bits per heavy atom. The molecule has 3 aromatic rings. The average Bonchev–Trinajstić information content (AvgIpc) is 3.10. The Balaban J connectivity index is 1.81. The fraction of sp³-hybridized carbons (Fsp3) is 0.222. The molecule has 2 aromatic heterocycles. The minimum Gasteiger partial charge on any atom is -0.478 e. The van der Waals surface area contributed by atoms with Crippen LogP contribution in [0.2, 0.25) is 0 Å². The van der Waals surface area contributed by atoms with Crippen molar-refractivity contribution < 1.29 is 14.7 Å². The second kappa shape index (κ2) is 6.83. The van der Waals surface area contributed by atoms with Gasteiger partial charge in [0.1, 0.15) is 11.3 Å². The number of aromatic nitrogens is 4. The lowest BCUT2D eigenvalue weighted by molar-refractivity contribution is 0.0692. The van der Waals surface area contributed by atoms with Crippen LogP contribution in [0.25, 0.3) is 0 Å². The van der Waals surface area contributed by atoms with Crippen molar-refractivity contribution in [2.24, 2.45) is 7.05 Å². The van der Waals surface area contributed by atoms with Gasteiger partial charge in [-0.1, -0.05) is 12.1 Å². The summed E-state index contributed by atoms with van der Waals surface area (Å²) in [5.41, 5.74) is 3.41. The summed E-state index contributed by atoms with van der Waals surface area (Å²) in [6, 6.07) is 9.36. The molecule has 0 spiro atoms. The lowest BCUT2D eigenvalue weighted by Crippen LogP contribution is -2.19. The number of carboxylic acid groups (broad SMARTS) is 1. The highest BCUT2D eigenvalue weighted by Crippen LogP contribution is 2.16. The summed E-state index contributed by atoms with van der Waals surface area (Å²) in [5.74, 6) is -1.72. The van der Waals surface area contributed by atoms with Gasteiger partial charge in [0, 0.05) is 18.4 Å². The van der Waals surface area contributed by atoms with Crippen molar-refractivity contribution in [1.82, 2.24) is 19.6 Å². The number of anilines is 1. The molecule has 1 amide bonds. The molecule has 1 aromatic carbocycles.